The van der Waals surface area contributed by atoms with Crippen molar-refractivity contribution in [3.05, 3.63) is 29.8 Å². The molecule has 0 bridgehead atoms. The van der Waals surface area contributed by atoms with Gasteiger partial charge in [0.25, 0.3) is 0 Å². The summed E-state index contributed by atoms with van der Waals surface area (Å²) in [7, 11) is 2.11. The lowest BCUT2D eigenvalue weighted by atomic mass is 9.94. The van der Waals surface area contributed by atoms with Crippen LogP contribution in [0.25, 0.3) is 0 Å². The molecule has 0 aromatic heterocycles. The second-order valence-electron chi connectivity index (χ2n) is 7.86. The lowest BCUT2D eigenvalue weighted by molar-refractivity contribution is -0.124. The van der Waals surface area contributed by atoms with Gasteiger partial charge in [0.15, 0.2) is 0 Å². The van der Waals surface area contributed by atoms with Crippen molar-refractivity contribution in [1.82, 2.24) is 15.1 Å². The highest BCUT2D eigenvalue weighted by molar-refractivity contribution is 5.78. The summed E-state index contributed by atoms with van der Waals surface area (Å²) in [4.78, 5) is 16.0. The van der Waals surface area contributed by atoms with E-state index < -0.39 is 6.10 Å². The van der Waals surface area contributed by atoms with Crippen LogP contribution >= 0.6 is 0 Å². The van der Waals surface area contributed by atoms with E-state index in [0.29, 0.717) is 32.2 Å². The molecule has 1 atom stereocenters. The van der Waals surface area contributed by atoms with Crippen LogP contribution in [-0.2, 0) is 11.3 Å². The molecule has 2 aliphatic rings. The van der Waals surface area contributed by atoms with Gasteiger partial charge in [0.1, 0.15) is 18.5 Å². The fraction of sp³-hybridized carbons (Fsp3) is 0.667. The summed E-state index contributed by atoms with van der Waals surface area (Å²) in [5, 5.41) is 13.3. The zero-order chi connectivity index (χ0) is 19.1. The Morgan fingerprint density at radius 1 is 1.30 bits per heavy atom. The molecule has 1 saturated heterocycles. The first-order chi connectivity index (χ1) is 13.1. The number of para-hydroxylation sites is 1. The molecule has 27 heavy (non-hydrogen) atoms. The quantitative estimate of drug-likeness (QED) is 0.723. The van der Waals surface area contributed by atoms with Crippen LogP contribution in [0.2, 0.25) is 0 Å². The van der Waals surface area contributed by atoms with Gasteiger partial charge in [-0.1, -0.05) is 37.5 Å². The first-order valence-corrected chi connectivity index (χ1v) is 10.2. The molecule has 1 heterocycles. The third-order valence-corrected chi connectivity index (χ3v) is 5.61. The number of rotatable bonds is 8. The third-order valence-electron chi connectivity index (χ3n) is 5.61. The Kier molecular flexibility index (Phi) is 7.50. The van der Waals surface area contributed by atoms with Gasteiger partial charge in [-0.05, 0) is 26.0 Å². The molecular formula is C21H33N3O3. The van der Waals surface area contributed by atoms with Gasteiger partial charge in [-0.2, -0.15) is 0 Å². The average Bonchev–Trinajstić information content (AvgIpc) is 2.68. The van der Waals surface area contributed by atoms with Crippen molar-refractivity contribution in [3.8, 4) is 5.75 Å². The van der Waals surface area contributed by atoms with Crippen LogP contribution in [0, 0.1) is 0 Å². The molecule has 1 aliphatic carbocycles. The van der Waals surface area contributed by atoms with Crippen LogP contribution in [0.5, 0.6) is 5.75 Å². The maximum absolute atomic E-state index is 11.6. The number of likely N-dealkylation sites (N-methyl/N-ethyl adjacent to an activating group) is 1. The molecular weight excluding hydrogens is 342 g/mol. The van der Waals surface area contributed by atoms with Gasteiger partial charge in [-0.15, -0.1) is 0 Å². The van der Waals surface area contributed by atoms with Crippen molar-refractivity contribution >= 4 is 5.91 Å². The van der Waals surface area contributed by atoms with Crippen LogP contribution in [-0.4, -0.2) is 72.8 Å². The lowest BCUT2D eigenvalue weighted by Crippen LogP contribution is -2.47. The van der Waals surface area contributed by atoms with Crippen molar-refractivity contribution in [2.75, 3.05) is 39.8 Å². The fourth-order valence-electron chi connectivity index (χ4n) is 4.08. The Morgan fingerprint density at radius 3 is 2.85 bits per heavy atom. The monoisotopic (exact) mass is 375 g/mol. The molecule has 6 heteroatoms. The van der Waals surface area contributed by atoms with Crippen molar-refractivity contribution in [2.24, 2.45) is 0 Å². The summed E-state index contributed by atoms with van der Waals surface area (Å²) < 4.78 is 5.95. The van der Waals surface area contributed by atoms with E-state index in [2.05, 4.69) is 22.2 Å². The summed E-state index contributed by atoms with van der Waals surface area (Å²) in [6.07, 6.45) is 5.89. The van der Waals surface area contributed by atoms with E-state index in [1.165, 1.54) is 32.1 Å². The highest BCUT2D eigenvalue weighted by atomic mass is 16.5. The molecule has 1 aliphatic heterocycles. The molecule has 1 aromatic rings. The van der Waals surface area contributed by atoms with Crippen molar-refractivity contribution in [1.29, 1.82) is 0 Å². The predicted molar refractivity (Wildman–Crippen MR) is 106 cm³/mol. The van der Waals surface area contributed by atoms with Gasteiger partial charge >= 0.3 is 0 Å². The molecule has 1 saturated carbocycles. The van der Waals surface area contributed by atoms with Crippen LogP contribution in [0.3, 0.4) is 0 Å². The normalized spacial score (nSPS) is 20.5. The Bertz CT molecular complexity index is 604. The Morgan fingerprint density at radius 2 is 2.07 bits per heavy atom. The van der Waals surface area contributed by atoms with Crippen LogP contribution in [0.15, 0.2) is 24.3 Å². The summed E-state index contributed by atoms with van der Waals surface area (Å²) in [6.45, 7) is 3.56. The highest BCUT2D eigenvalue weighted by Gasteiger charge is 2.21. The van der Waals surface area contributed by atoms with E-state index >= 15 is 0 Å². The van der Waals surface area contributed by atoms with E-state index in [0.717, 1.165) is 17.9 Å². The number of carbonyl (C=O) groups excluding carboxylic acids is 1. The van der Waals surface area contributed by atoms with E-state index in [9.17, 15) is 9.90 Å². The number of piperazine rings is 1. The van der Waals surface area contributed by atoms with Gasteiger partial charge in [-0.25, -0.2) is 0 Å². The third kappa shape index (κ3) is 6.19. The minimum Gasteiger partial charge on any atom is -0.491 e. The molecule has 1 aromatic carbocycles. The standard InChI is InChI=1S/C21H33N3O3/c1-23(18-8-3-2-4-9-18)14-19(25)16-27-20-10-6-5-7-17(20)13-24-12-11-22-21(26)15-24/h5-7,10,18-19,25H,2-4,8-9,11-16H2,1H3,(H,22,26). The summed E-state index contributed by atoms with van der Waals surface area (Å²) >= 11 is 0. The average molecular weight is 376 g/mol. The minimum atomic E-state index is -0.509. The topological polar surface area (TPSA) is 65.0 Å². The van der Waals surface area contributed by atoms with Crippen LogP contribution in [0.4, 0.5) is 0 Å². The number of hydrogen-bond acceptors (Lipinski definition) is 5. The van der Waals surface area contributed by atoms with E-state index in [-0.39, 0.29) is 12.5 Å². The molecule has 2 fully saturated rings. The maximum atomic E-state index is 11.6. The van der Waals surface area contributed by atoms with Gasteiger partial charge < -0.3 is 20.1 Å². The maximum Gasteiger partial charge on any atom is 0.234 e. The van der Waals surface area contributed by atoms with Crippen molar-refractivity contribution in [2.45, 2.75) is 50.8 Å². The molecule has 1 amide bonds. The number of ether oxygens (including phenoxy) is 1. The Balaban J connectivity index is 1.49. The number of carbonyl (C=O) groups is 1. The zero-order valence-electron chi connectivity index (χ0n) is 16.4. The summed E-state index contributed by atoms with van der Waals surface area (Å²) in [5.41, 5.74) is 1.06. The first kappa shape index (κ1) is 20.1. The van der Waals surface area contributed by atoms with Gasteiger partial charge in [0.2, 0.25) is 5.91 Å². The summed E-state index contributed by atoms with van der Waals surface area (Å²) in [5.74, 6) is 0.865. The number of aliphatic hydroxyl groups is 1. The van der Waals surface area contributed by atoms with Crippen molar-refractivity contribution < 1.29 is 14.6 Å². The predicted octanol–water partition coefficient (Wildman–Crippen LogP) is 1.62. The smallest absolute Gasteiger partial charge is 0.234 e. The number of nitrogens with one attached hydrogen (secondary N) is 1. The minimum absolute atomic E-state index is 0.0702. The molecule has 3 rings (SSSR count). The van der Waals surface area contributed by atoms with E-state index in [1.54, 1.807) is 0 Å². The number of aliphatic hydroxyl groups excluding tert-OH is 1. The number of nitrogens with zero attached hydrogens (tertiary/aromatic N) is 2. The molecule has 6 nitrogen and oxygen atoms in total. The number of benzene rings is 1. The number of hydrogen-bond donors (Lipinski definition) is 2. The van der Waals surface area contributed by atoms with E-state index in [1.807, 2.05) is 24.3 Å². The molecule has 1 unspecified atom stereocenters. The number of amides is 1. The van der Waals surface area contributed by atoms with Gasteiger partial charge in [0.05, 0.1) is 6.54 Å². The zero-order valence-corrected chi connectivity index (χ0v) is 16.4. The van der Waals surface area contributed by atoms with Gasteiger partial charge in [-0.3, -0.25) is 9.69 Å². The SMILES string of the molecule is CN(CC(O)COc1ccccc1CN1CCNC(=O)C1)C1CCCCC1. The molecule has 150 valence electrons. The second kappa shape index (κ2) is 10.1. The molecule has 0 spiro atoms. The van der Waals surface area contributed by atoms with Crippen LogP contribution in [0.1, 0.15) is 37.7 Å². The Hall–Kier alpha value is -1.63. The van der Waals surface area contributed by atoms with Gasteiger partial charge in [0, 0.05) is 37.8 Å². The molecule has 2 N–H and O–H groups in total. The lowest BCUT2D eigenvalue weighted by Gasteiger charge is -2.32. The highest BCUT2D eigenvalue weighted by Crippen LogP contribution is 2.23. The second-order valence-corrected chi connectivity index (χ2v) is 7.86. The van der Waals surface area contributed by atoms with E-state index in [4.69, 9.17) is 4.74 Å². The molecule has 0 radical (unpaired) electrons. The summed E-state index contributed by atoms with van der Waals surface area (Å²) in [6, 6.07) is 8.49. The first-order valence-electron chi connectivity index (χ1n) is 10.2. The van der Waals surface area contributed by atoms with Crippen LogP contribution < -0.4 is 10.1 Å². The largest absolute Gasteiger partial charge is 0.491 e. The Labute approximate surface area is 162 Å². The van der Waals surface area contributed by atoms with Crippen molar-refractivity contribution in [3.63, 3.8) is 0 Å². The fourth-order valence-corrected chi connectivity index (χ4v) is 4.08.